The summed E-state index contributed by atoms with van der Waals surface area (Å²) in [5.74, 6) is -1.47. The summed E-state index contributed by atoms with van der Waals surface area (Å²) in [6.07, 6.45) is 1.67. The Labute approximate surface area is 129 Å². The molecule has 1 aliphatic carbocycles. The molecule has 1 amide bonds. The maximum Gasteiger partial charge on any atom is 0.312 e. The zero-order valence-electron chi connectivity index (χ0n) is 12.7. The number of aliphatic carboxylic acids is 1. The summed E-state index contributed by atoms with van der Waals surface area (Å²) < 4.78 is 5.45. The second-order valence-electron chi connectivity index (χ2n) is 6.19. The molecule has 0 saturated heterocycles. The molecule has 1 heterocycles. The lowest BCUT2D eigenvalue weighted by atomic mass is 9.89. The normalized spacial score (nSPS) is 22.0. The summed E-state index contributed by atoms with van der Waals surface area (Å²) in [4.78, 5) is 26.1. The fraction of sp³-hybridized carbons (Fsp3) is 0.529. The van der Waals surface area contributed by atoms with Gasteiger partial charge in [-0.25, -0.2) is 0 Å². The van der Waals surface area contributed by atoms with Crippen molar-refractivity contribution in [3.8, 4) is 0 Å². The molecule has 1 atom stereocenters. The molecule has 1 fully saturated rings. The van der Waals surface area contributed by atoms with Crippen LogP contribution in [0.5, 0.6) is 0 Å². The van der Waals surface area contributed by atoms with Gasteiger partial charge in [0.15, 0.2) is 0 Å². The number of hydrogen-bond donors (Lipinski definition) is 1. The van der Waals surface area contributed by atoms with Gasteiger partial charge in [-0.1, -0.05) is 24.3 Å². The number of amides is 1. The van der Waals surface area contributed by atoms with Gasteiger partial charge in [-0.3, -0.25) is 9.59 Å². The van der Waals surface area contributed by atoms with E-state index >= 15 is 0 Å². The standard InChI is InChI=1S/C17H21NO4/c1-2-22-11-17(7-8-17)16(21)18-9-12-5-3-4-6-13(12)14(10-18)15(19)20/h3-6,14H,2,7-11H2,1H3,(H,19,20). The molecular formula is C17H21NO4. The van der Waals surface area contributed by atoms with Crippen molar-refractivity contribution >= 4 is 11.9 Å². The van der Waals surface area contributed by atoms with Crippen molar-refractivity contribution < 1.29 is 19.4 Å². The minimum absolute atomic E-state index is 0.0432. The molecule has 1 aromatic carbocycles. The molecule has 0 bridgehead atoms. The topological polar surface area (TPSA) is 66.8 Å². The maximum absolute atomic E-state index is 12.8. The van der Waals surface area contributed by atoms with Crippen LogP contribution in [-0.4, -0.2) is 41.6 Å². The largest absolute Gasteiger partial charge is 0.481 e. The Morgan fingerprint density at radius 2 is 2.09 bits per heavy atom. The summed E-state index contributed by atoms with van der Waals surface area (Å²) in [5.41, 5.74) is 1.35. The van der Waals surface area contributed by atoms with Gasteiger partial charge in [-0.15, -0.1) is 0 Å². The highest BCUT2D eigenvalue weighted by Gasteiger charge is 2.52. The lowest BCUT2D eigenvalue weighted by Crippen LogP contribution is -2.45. The van der Waals surface area contributed by atoms with Crippen molar-refractivity contribution in [2.24, 2.45) is 5.41 Å². The third-order valence-electron chi connectivity index (χ3n) is 4.67. The molecule has 1 unspecified atom stereocenters. The molecule has 1 N–H and O–H groups in total. The molecule has 5 heteroatoms. The number of carbonyl (C=O) groups is 2. The first-order valence-corrected chi connectivity index (χ1v) is 7.75. The summed E-state index contributed by atoms with van der Waals surface area (Å²) in [6, 6.07) is 7.50. The molecule has 1 aromatic rings. The number of benzene rings is 1. The molecule has 0 aromatic heterocycles. The fourth-order valence-corrected chi connectivity index (χ4v) is 3.18. The van der Waals surface area contributed by atoms with Gasteiger partial charge in [0.25, 0.3) is 0 Å². The zero-order valence-corrected chi connectivity index (χ0v) is 12.7. The van der Waals surface area contributed by atoms with Crippen LogP contribution >= 0.6 is 0 Å². The van der Waals surface area contributed by atoms with Gasteiger partial charge in [0.1, 0.15) is 0 Å². The van der Waals surface area contributed by atoms with Crippen LogP contribution < -0.4 is 0 Å². The number of carboxylic acid groups (broad SMARTS) is 1. The van der Waals surface area contributed by atoms with Gasteiger partial charge in [0, 0.05) is 19.7 Å². The minimum Gasteiger partial charge on any atom is -0.481 e. The second-order valence-corrected chi connectivity index (χ2v) is 6.19. The van der Waals surface area contributed by atoms with Crippen LogP contribution in [0.2, 0.25) is 0 Å². The first-order valence-electron chi connectivity index (χ1n) is 7.75. The Morgan fingerprint density at radius 1 is 1.36 bits per heavy atom. The average molecular weight is 303 g/mol. The number of carboxylic acids is 1. The van der Waals surface area contributed by atoms with E-state index < -0.39 is 17.3 Å². The summed E-state index contributed by atoms with van der Waals surface area (Å²) in [6.45, 7) is 3.69. The highest BCUT2D eigenvalue weighted by Crippen LogP contribution is 2.48. The molecular weight excluding hydrogens is 282 g/mol. The van der Waals surface area contributed by atoms with Crippen LogP contribution in [-0.2, 0) is 20.9 Å². The van der Waals surface area contributed by atoms with E-state index in [0.29, 0.717) is 19.8 Å². The van der Waals surface area contributed by atoms with Crippen molar-refractivity contribution in [2.75, 3.05) is 19.8 Å². The molecule has 3 rings (SSSR count). The predicted octanol–water partition coefficient (Wildman–Crippen LogP) is 2.01. The number of ether oxygens (including phenoxy) is 1. The van der Waals surface area contributed by atoms with Gasteiger partial charge in [-0.2, -0.15) is 0 Å². The lowest BCUT2D eigenvalue weighted by Gasteiger charge is -2.35. The van der Waals surface area contributed by atoms with E-state index in [2.05, 4.69) is 0 Å². The van der Waals surface area contributed by atoms with Crippen LogP contribution in [0, 0.1) is 5.41 Å². The number of fused-ring (bicyclic) bond motifs is 1. The van der Waals surface area contributed by atoms with Crippen LogP contribution in [0.15, 0.2) is 24.3 Å². The van der Waals surface area contributed by atoms with E-state index in [0.717, 1.165) is 24.0 Å². The highest BCUT2D eigenvalue weighted by molar-refractivity contribution is 5.87. The number of hydrogen-bond acceptors (Lipinski definition) is 3. The Kier molecular flexibility index (Phi) is 3.91. The van der Waals surface area contributed by atoms with Crippen LogP contribution in [0.1, 0.15) is 36.8 Å². The first-order chi connectivity index (χ1) is 10.6. The number of carbonyl (C=O) groups excluding carboxylic acids is 1. The maximum atomic E-state index is 12.8. The second kappa shape index (κ2) is 5.72. The van der Waals surface area contributed by atoms with Crippen molar-refractivity contribution in [2.45, 2.75) is 32.2 Å². The van der Waals surface area contributed by atoms with Gasteiger partial charge in [-0.05, 0) is 30.9 Å². The van der Waals surface area contributed by atoms with E-state index in [1.807, 2.05) is 31.2 Å². The van der Waals surface area contributed by atoms with E-state index in [4.69, 9.17) is 4.74 Å². The average Bonchev–Trinajstić information content (AvgIpc) is 3.32. The van der Waals surface area contributed by atoms with Crippen LogP contribution in [0.3, 0.4) is 0 Å². The summed E-state index contributed by atoms with van der Waals surface area (Å²) >= 11 is 0. The molecule has 5 nitrogen and oxygen atoms in total. The molecule has 118 valence electrons. The van der Waals surface area contributed by atoms with E-state index in [-0.39, 0.29) is 12.5 Å². The third-order valence-corrected chi connectivity index (χ3v) is 4.67. The predicted molar refractivity (Wildman–Crippen MR) is 80.4 cm³/mol. The molecule has 1 saturated carbocycles. The number of nitrogens with zero attached hydrogens (tertiary/aromatic N) is 1. The van der Waals surface area contributed by atoms with E-state index in [9.17, 15) is 14.7 Å². The van der Waals surface area contributed by atoms with Gasteiger partial charge in [0.05, 0.1) is 17.9 Å². The minimum atomic E-state index is -0.875. The lowest BCUT2D eigenvalue weighted by molar-refractivity contribution is -0.144. The molecule has 0 spiro atoms. The van der Waals surface area contributed by atoms with Crippen LogP contribution in [0.25, 0.3) is 0 Å². The van der Waals surface area contributed by atoms with Crippen molar-refractivity contribution in [1.82, 2.24) is 4.90 Å². The smallest absolute Gasteiger partial charge is 0.312 e. The Morgan fingerprint density at radius 3 is 2.73 bits per heavy atom. The molecule has 2 aliphatic rings. The van der Waals surface area contributed by atoms with Crippen LogP contribution in [0.4, 0.5) is 0 Å². The SMILES string of the molecule is CCOCC1(C(=O)N2Cc3ccccc3C(C(=O)O)C2)CC1. The molecule has 22 heavy (non-hydrogen) atoms. The Balaban J connectivity index is 1.82. The zero-order chi connectivity index (χ0) is 15.7. The van der Waals surface area contributed by atoms with Crippen molar-refractivity contribution in [3.05, 3.63) is 35.4 Å². The highest BCUT2D eigenvalue weighted by atomic mass is 16.5. The summed E-state index contributed by atoms with van der Waals surface area (Å²) in [7, 11) is 0. The Bertz CT molecular complexity index is 594. The summed E-state index contributed by atoms with van der Waals surface area (Å²) in [5, 5.41) is 9.48. The van der Waals surface area contributed by atoms with E-state index in [1.165, 1.54) is 0 Å². The quantitative estimate of drug-likeness (QED) is 0.903. The van der Waals surface area contributed by atoms with E-state index in [1.54, 1.807) is 4.90 Å². The molecule has 1 aliphatic heterocycles. The van der Waals surface area contributed by atoms with Crippen molar-refractivity contribution in [3.63, 3.8) is 0 Å². The third kappa shape index (κ3) is 2.61. The van der Waals surface area contributed by atoms with Gasteiger partial charge in [0.2, 0.25) is 5.91 Å². The number of rotatable bonds is 5. The Hall–Kier alpha value is -1.88. The van der Waals surface area contributed by atoms with Gasteiger partial charge >= 0.3 is 5.97 Å². The first kappa shape index (κ1) is 15.0. The fourth-order valence-electron chi connectivity index (χ4n) is 3.18. The monoisotopic (exact) mass is 303 g/mol. The van der Waals surface area contributed by atoms with Crippen molar-refractivity contribution in [1.29, 1.82) is 0 Å². The van der Waals surface area contributed by atoms with Gasteiger partial charge < -0.3 is 14.7 Å². The molecule has 0 radical (unpaired) electrons.